The van der Waals surface area contributed by atoms with Crippen LogP contribution in [0.5, 0.6) is 0 Å². The minimum absolute atomic E-state index is 0.150. The summed E-state index contributed by atoms with van der Waals surface area (Å²) in [4.78, 5) is 10.5. The number of hydrogen-bond donors (Lipinski definition) is 1. The first-order valence-electron chi connectivity index (χ1n) is 5.44. The van der Waals surface area contributed by atoms with E-state index >= 15 is 0 Å². The van der Waals surface area contributed by atoms with E-state index in [-0.39, 0.29) is 5.97 Å². The van der Waals surface area contributed by atoms with Crippen LogP contribution in [0.1, 0.15) is 47.0 Å². The zero-order chi connectivity index (χ0) is 11.4. The molecular formula is C11H25NO2. The highest BCUT2D eigenvalue weighted by Crippen LogP contribution is 1.93. The van der Waals surface area contributed by atoms with Crippen molar-refractivity contribution < 1.29 is 9.53 Å². The summed E-state index contributed by atoms with van der Waals surface area (Å²) in [5.74, 6) is 0.734. The zero-order valence-corrected chi connectivity index (χ0v) is 10.0. The van der Waals surface area contributed by atoms with Gasteiger partial charge in [-0.3, -0.25) is 4.79 Å². The van der Waals surface area contributed by atoms with Crippen LogP contribution in [0.2, 0.25) is 0 Å². The fraction of sp³-hybridized carbons (Fsp3) is 0.909. The smallest absolute Gasteiger partial charge is 0.305 e. The molecule has 0 saturated heterocycles. The third kappa shape index (κ3) is 17.5. The Morgan fingerprint density at radius 3 is 2.14 bits per heavy atom. The van der Waals surface area contributed by atoms with Crippen LogP contribution in [0.15, 0.2) is 0 Å². The molecule has 0 heterocycles. The summed E-state index contributed by atoms with van der Waals surface area (Å²) in [5.41, 5.74) is 5.17. The van der Waals surface area contributed by atoms with Gasteiger partial charge < -0.3 is 10.5 Å². The van der Waals surface area contributed by atoms with Crippen molar-refractivity contribution in [3.05, 3.63) is 0 Å². The van der Waals surface area contributed by atoms with E-state index in [1.54, 1.807) is 6.92 Å². The molecule has 0 aromatic carbocycles. The maximum Gasteiger partial charge on any atom is 0.305 e. The largest absolute Gasteiger partial charge is 0.466 e. The average molecular weight is 203 g/mol. The zero-order valence-electron chi connectivity index (χ0n) is 10.0. The molecule has 86 valence electrons. The SMILES string of the molecule is CCC(C)C.CCOC(=O)CCCN. The molecule has 0 atom stereocenters. The van der Waals surface area contributed by atoms with Gasteiger partial charge in [-0.2, -0.15) is 0 Å². The van der Waals surface area contributed by atoms with Crippen molar-refractivity contribution in [2.75, 3.05) is 13.2 Å². The number of nitrogens with two attached hydrogens (primary N) is 1. The molecule has 0 aliphatic rings. The van der Waals surface area contributed by atoms with Crippen molar-refractivity contribution in [1.82, 2.24) is 0 Å². The summed E-state index contributed by atoms with van der Waals surface area (Å²) < 4.78 is 4.65. The Hall–Kier alpha value is -0.570. The molecule has 0 fully saturated rings. The second-order valence-electron chi connectivity index (χ2n) is 3.50. The Balaban J connectivity index is 0. The molecule has 3 heteroatoms. The number of ether oxygens (including phenoxy) is 1. The molecule has 0 unspecified atom stereocenters. The van der Waals surface area contributed by atoms with Crippen molar-refractivity contribution in [2.24, 2.45) is 11.7 Å². The third-order valence-electron chi connectivity index (χ3n) is 1.71. The fourth-order valence-electron chi connectivity index (χ4n) is 0.480. The Morgan fingerprint density at radius 1 is 1.36 bits per heavy atom. The highest BCUT2D eigenvalue weighted by atomic mass is 16.5. The van der Waals surface area contributed by atoms with Gasteiger partial charge in [-0.25, -0.2) is 0 Å². The molecule has 0 spiro atoms. The second kappa shape index (κ2) is 12.4. The van der Waals surface area contributed by atoms with Gasteiger partial charge in [0.1, 0.15) is 0 Å². The van der Waals surface area contributed by atoms with Crippen LogP contribution in [0.3, 0.4) is 0 Å². The fourth-order valence-corrected chi connectivity index (χ4v) is 0.480. The second-order valence-corrected chi connectivity index (χ2v) is 3.50. The van der Waals surface area contributed by atoms with Crippen molar-refractivity contribution in [3.63, 3.8) is 0 Å². The first-order valence-corrected chi connectivity index (χ1v) is 5.44. The van der Waals surface area contributed by atoms with E-state index in [9.17, 15) is 4.79 Å². The summed E-state index contributed by atoms with van der Waals surface area (Å²) in [7, 11) is 0. The first kappa shape index (κ1) is 15.9. The predicted molar refractivity (Wildman–Crippen MR) is 60.1 cm³/mol. The van der Waals surface area contributed by atoms with Crippen LogP contribution in [0, 0.1) is 5.92 Å². The van der Waals surface area contributed by atoms with E-state index in [2.05, 4.69) is 25.5 Å². The topological polar surface area (TPSA) is 52.3 Å². The lowest BCUT2D eigenvalue weighted by Crippen LogP contribution is -2.07. The molecule has 0 saturated carbocycles. The van der Waals surface area contributed by atoms with Gasteiger partial charge in [-0.05, 0) is 25.8 Å². The lowest BCUT2D eigenvalue weighted by Gasteiger charge is -1.98. The van der Waals surface area contributed by atoms with Crippen LogP contribution in [0.4, 0.5) is 0 Å². The molecular weight excluding hydrogens is 178 g/mol. The van der Waals surface area contributed by atoms with Crippen LogP contribution >= 0.6 is 0 Å². The molecule has 0 aromatic rings. The highest BCUT2D eigenvalue weighted by Gasteiger charge is 1.97. The van der Waals surface area contributed by atoms with E-state index < -0.39 is 0 Å². The van der Waals surface area contributed by atoms with Crippen LogP contribution < -0.4 is 5.73 Å². The van der Waals surface area contributed by atoms with E-state index in [4.69, 9.17) is 5.73 Å². The number of hydrogen-bond acceptors (Lipinski definition) is 3. The monoisotopic (exact) mass is 203 g/mol. The van der Waals surface area contributed by atoms with Crippen LogP contribution in [-0.2, 0) is 9.53 Å². The summed E-state index contributed by atoms with van der Waals surface area (Å²) >= 11 is 0. The molecule has 2 N–H and O–H groups in total. The molecule has 3 nitrogen and oxygen atoms in total. The number of carbonyl (C=O) groups excluding carboxylic acids is 1. The molecule has 0 aromatic heterocycles. The van der Waals surface area contributed by atoms with Gasteiger partial charge in [-0.15, -0.1) is 0 Å². The molecule has 0 aliphatic heterocycles. The average Bonchev–Trinajstić information content (AvgIpc) is 2.16. The molecule has 0 aliphatic carbocycles. The van der Waals surface area contributed by atoms with E-state index in [0.29, 0.717) is 19.6 Å². The van der Waals surface area contributed by atoms with Gasteiger partial charge in [0.05, 0.1) is 6.61 Å². The quantitative estimate of drug-likeness (QED) is 0.698. The molecule has 14 heavy (non-hydrogen) atoms. The van der Waals surface area contributed by atoms with Crippen molar-refractivity contribution in [1.29, 1.82) is 0 Å². The molecule has 0 bridgehead atoms. The molecule has 0 amide bonds. The van der Waals surface area contributed by atoms with Crippen molar-refractivity contribution >= 4 is 5.97 Å². The third-order valence-corrected chi connectivity index (χ3v) is 1.71. The maximum atomic E-state index is 10.5. The highest BCUT2D eigenvalue weighted by molar-refractivity contribution is 5.69. The normalized spacial score (nSPS) is 9.29. The lowest BCUT2D eigenvalue weighted by molar-refractivity contribution is -0.143. The van der Waals surface area contributed by atoms with Gasteiger partial charge in [0, 0.05) is 6.42 Å². The van der Waals surface area contributed by atoms with Crippen LogP contribution in [-0.4, -0.2) is 19.1 Å². The number of rotatable bonds is 5. The molecule has 0 rings (SSSR count). The van der Waals surface area contributed by atoms with Crippen molar-refractivity contribution in [3.8, 4) is 0 Å². The standard InChI is InChI=1S/C6H13NO2.C5H12/c1-2-9-6(8)4-3-5-7;1-4-5(2)3/h2-5,7H2,1H3;5H,4H2,1-3H3. The van der Waals surface area contributed by atoms with Gasteiger partial charge in [0.15, 0.2) is 0 Å². The summed E-state index contributed by atoms with van der Waals surface area (Å²) in [6.45, 7) is 9.45. The van der Waals surface area contributed by atoms with E-state index in [1.807, 2.05) is 0 Å². The Kier molecular flexibility index (Phi) is 14.1. The minimum atomic E-state index is -0.150. The van der Waals surface area contributed by atoms with E-state index in [1.165, 1.54) is 6.42 Å². The van der Waals surface area contributed by atoms with Gasteiger partial charge >= 0.3 is 5.97 Å². The Bertz CT molecular complexity index is 124. The van der Waals surface area contributed by atoms with E-state index in [0.717, 1.165) is 12.3 Å². The first-order chi connectivity index (χ1) is 6.58. The van der Waals surface area contributed by atoms with Gasteiger partial charge in [0.25, 0.3) is 0 Å². The number of carbonyl (C=O) groups is 1. The summed E-state index contributed by atoms with van der Waals surface area (Å²) in [6.07, 6.45) is 2.48. The lowest BCUT2D eigenvalue weighted by atomic mass is 10.2. The number of esters is 1. The maximum absolute atomic E-state index is 10.5. The minimum Gasteiger partial charge on any atom is -0.466 e. The van der Waals surface area contributed by atoms with Crippen LogP contribution in [0.25, 0.3) is 0 Å². The predicted octanol–water partition coefficient (Wildman–Crippen LogP) is 2.34. The van der Waals surface area contributed by atoms with Gasteiger partial charge in [-0.1, -0.05) is 27.2 Å². The Morgan fingerprint density at radius 2 is 1.86 bits per heavy atom. The van der Waals surface area contributed by atoms with Crippen molar-refractivity contribution in [2.45, 2.75) is 47.0 Å². The summed E-state index contributed by atoms with van der Waals surface area (Å²) in [6, 6.07) is 0. The Labute approximate surface area is 88.0 Å². The molecule has 0 radical (unpaired) electrons. The summed E-state index contributed by atoms with van der Waals surface area (Å²) in [5, 5.41) is 0. The van der Waals surface area contributed by atoms with Gasteiger partial charge in [0.2, 0.25) is 0 Å².